The molecule has 0 spiro atoms. The summed E-state index contributed by atoms with van der Waals surface area (Å²) >= 11 is 0. The Balaban J connectivity index is 0.00000324. The highest BCUT2D eigenvalue weighted by Gasteiger charge is 2.05. The molecule has 5 heteroatoms. The Labute approximate surface area is 120 Å². The van der Waals surface area contributed by atoms with E-state index in [1.165, 1.54) is 0 Å². The molecule has 19 heavy (non-hydrogen) atoms. The van der Waals surface area contributed by atoms with E-state index < -0.39 is 0 Å². The van der Waals surface area contributed by atoms with Crippen molar-refractivity contribution in [3.63, 3.8) is 0 Å². The van der Waals surface area contributed by atoms with E-state index in [0.29, 0.717) is 11.5 Å². The van der Waals surface area contributed by atoms with E-state index >= 15 is 0 Å². The summed E-state index contributed by atoms with van der Waals surface area (Å²) in [6.07, 6.45) is 5.90. The van der Waals surface area contributed by atoms with Gasteiger partial charge in [0.25, 0.3) is 0 Å². The zero-order chi connectivity index (χ0) is 13.2. The smallest absolute Gasteiger partial charge is 0.162 e. The van der Waals surface area contributed by atoms with E-state index in [1.54, 1.807) is 7.11 Å². The second kappa shape index (κ2) is 10.5. The molecule has 0 bridgehead atoms. The molecule has 1 rings (SSSR count). The van der Waals surface area contributed by atoms with Crippen molar-refractivity contribution < 1.29 is 14.6 Å². The van der Waals surface area contributed by atoms with Gasteiger partial charge in [-0.3, -0.25) is 0 Å². The molecule has 0 aliphatic carbocycles. The highest BCUT2D eigenvalue weighted by molar-refractivity contribution is 5.85. The largest absolute Gasteiger partial charge is 0.493 e. The van der Waals surface area contributed by atoms with Crippen molar-refractivity contribution in [1.29, 1.82) is 0 Å². The molecule has 0 atom stereocenters. The molecule has 106 valence electrons. The van der Waals surface area contributed by atoms with Crippen LogP contribution >= 0.6 is 12.4 Å². The van der Waals surface area contributed by atoms with Crippen LogP contribution in [0, 0.1) is 12.3 Å². The Bertz CT molecular complexity index is 404. The van der Waals surface area contributed by atoms with Gasteiger partial charge in [0, 0.05) is 13.2 Å². The van der Waals surface area contributed by atoms with Crippen molar-refractivity contribution in [2.24, 2.45) is 0 Å². The van der Waals surface area contributed by atoms with Crippen molar-refractivity contribution in [3.05, 3.63) is 23.8 Å². The third kappa shape index (κ3) is 6.35. The van der Waals surface area contributed by atoms with Gasteiger partial charge in [-0.05, 0) is 30.7 Å². The number of nitrogens with one attached hydrogen (secondary N) is 1. The summed E-state index contributed by atoms with van der Waals surface area (Å²) in [4.78, 5) is 0. The zero-order valence-corrected chi connectivity index (χ0v) is 11.8. The monoisotopic (exact) mass is 285 g/mol. The minimum Gasteiger partial charge on any atom is -0.493 e. The Morgan fingerprint density at radius 3 is 2.79 bits per heavy atom. The van der Waals surface area contributed by atoms with Crippen LogP contribution in [0.1, 0.15) is 12.0 Å². The lowest BCUT2D eigenvalue weighted by atomic mass is 10.2. The molecule has 0 aromatic heterocycles. The van der Waals surface area contributed by atoms with Crippen molar-refractivity contribution in [3.8, 4) is 23.8 Å². The van der Waals surface area contributed by atoms with Gasteiger partial charge in [0.2, 0.25) is 0 Å². The van der Waals surface area contributed by atoms with Gasteiger partial charge in [-0.15, -0.1) is 18.8 Å². The summed E-state index contributed by atoms with van der Waals surface area (Å²) in [6, 6.07) is 5.72. The second-order valence-corrected chi connectivity index (χ2v) is 3.73. The first-order chi connectivity index (χ1) is 8.81. The molecule has 0 fully saturated rings. The van der Waals surface area contributed by atoms with Gasteiger partial charge in [-0.25, -0.2) is 0 Å². The Hall–Kier alpha value is -1.41. The number of halogens is 1. The van der Waals surface area contributed by atoms with E-state index in [0.717, 1.165) is 25.1 Å². The summed E-state index contributed by atoms with van der Waals surface area (Å²) in [6.45, 7) is 1.94. The minimum atomic E-state index is 0. The maximum absolute atomic E-state index is 8.67. The predicted octanol–water partition coefficient (Wildman–Crippen LogP) is 1.60. The molecule has 0 saturated carbocycles. The van der Waals surface area contributed by atoms with Crippen LogP contribution in [0.15, 0.2) is 18.2 Å². The number of ether oxygens (including phenoxy) is 2. The van der Waals surface area contributed by atoms with Gasteiger partial charge in [0.1, 0.15) is 6.61 Å². The fourth-order valence-corrected chi connectivity index (χ4v) is 1.50. The molecule has 0 amide bonds. The van der Waals surface area contributed by atoms with Crippen molar-refractivity contribution in [1.82, 2.24) is 5.32 Å². The lowest BCUT2D eigenvalue weighted by Gasteiger charge is -2.11. The van der Waals surface area contributed by atoms with Gasteiger partial charge in [0.05, 0.1) is 7.11 Å². The molecule has 0 saturated heterocycles. The normalized spacial score (nSPS) is 9.32. The summed E-state index contributed by atoms with van der Waals surface area (Å²) in [5.74, 6) is 3.74. The number of terminal acetylenes is 1. The predicted molar refractivity (Wildman–Crippen MR) is 78.0 cm³/mol. The van der Waals surface area contributed by atoms with Crippen LogP contribution in [-0.4, -0.2) is 32.0 Å². The quantitative estimate of drug-likeness (QED) is 0.563. The highest BCUT2D eigenvalue weighted by atomic mass is 35.5. The van der Waals surface area contributed by atoms with Gasteiger partial charge in [-0.2, -0.15) is 0 Å². The molecular weight excluding hydrogens is 266 g/mol. The van der Waals surface area contributed by atoms with Crippen LogP contribution in [0.4, 0.5) is 0 Å². The zero-order valence-electron chi connectivity index (χ0n) is 11.0. The SMILES string of the molecule is C#CCOc1ccc(CNCCCO)cc1OC.Cl. The van der Waals surface area contributed by atoms with Gasteiger partial charge < -0.3 is 19.9 Å². The average Bonchev–Trinajstić information content (AvgIpc) is 2.41. The Kier molecular flexibility index (Phi) is 9.73. The summed E-state index contributed by atoms with van der Waals surface area (Å²) in [7, 11) is 1.60. The van der Waals surface area contributed by atoms with E-state index in [4.69, 9.17) is 21.0 Å². The molecule has 2 N–H and O–H groups in total. The standard InChI is InChI=1S/C14H19NO3.ClH/c1-3-9-18-13-6-5-12(10-14(13)17-2)11-15-7-4-8-16;/h1,5-6,10,15-16H,4,7-9,11H2,2H3;1H. The molecule has 0 aliphatic rings. The maximum atomic E-state index is 8.67. The first-order valence-electron chi connectivity index (χ1n) is 5.86. The number of hydrogen-bond acceptors (Lipinski definition) is 4. The van der Waals surface area contributed by atoms with Crippen LogP contribution < -0.4 is 14.8 Å². The lowest BCUT2D eigenvalue weighted by molar-refractivity contribution is 0.286. The van der Waals surface area contributed by atoms with Crippen molar-refractivity contribution in [2.75, 3.05) is 26.9 Å². The van der Waals surface area contributed by atoms with Crippen LogP contribution in [0.3, 0.4) is 0 Å². The molecule has 0 radical (unpaired) electrons. The molecule has 0 aliphatic heterocycles. The first-order valence-corrected chi connectivity index (χ1v) is 5.86. The van der Waals surface area contributed by atoms with Crippen LogP contribution in [0.25, 0.3) is 0 Å². The van der Waals surface area contributed by atoms with E-state index in [9.17, 15) is 0 Å². The first kappa shape index (κ1) is 17.6. The van der Waals surface area contributed by atoms with Gasteiger partial charge >= 0.3 is 0 Å². The fraction of sp³-hybridized carbons (Fsp3) is 0.429. The maximum Gasteiger partial charge on any atom is 0.162 e. The molecule has 0 unspecified atom stereocenters. The number of methoxy groups -OCH3 is 1. The Morgan fingerprint density at radius 2 is 2.16 bits per heavy atom. The number of benzene rings is 1. The fourth-order valence-electron chi connectivity index (χ4n) is 1.50. The van der Waals surface area contributed by atoms with Crippen LogP contribution in [0.5, 0.6) is 11.5 Å². The molecule has 4 nitrogen and oxygen atoms in total. The lowest BCUT2D eigenvalue weighted by Crippen LogP contribution is -2.15. The molecule has 1 aromatic carbocycles. The van der Waals surface area contributed by atoms with Gasteiger partial charge in [0.15, 0.2) is 11.5 Å². The number of hydrogen-bond donors (Lipinski definition) is 2. The molecular formula is C14H20ClNO3. The average molecular weight is 286 g/mol. The Morgan fingerprint density at radius 1 is 1.37 bits per heavy atom. The van der Waals surface area contributed by atoms with E-state index in [2.05, 4.69) is 11.2 Å². The molecule has 0 heterocycles. The van der Waals surface area contributed by atoms with Crippen LogP contribution in [-0.2, 0) is 6.54 Å². The number of rotatable bonds is 8. The van der Waals surface area contributed by atoms with Crippen molar-refractivity contribution in [2.45, 2.75) is 13.0 Å². The third-order valence-electron chi connectivity index (χ3n) is 2.38. The minimum absolute atomic E-state index is 0. The number of aliphatic hydroxyl groups excluding tert-OH is 1. The second-order valence-electron chi connectivity index (χ2n) is 3.73. The van der Waals surface area contributed by atoms with Gasteiger partial charge in [-0.1, -0.05) is 12.0 Å². The molecule has 1 aromatic rings. The number of aliphatic hydroxyl groups is 1. The van der Waals surface area contributed by atoms with Crippen LogP contribution in [0.2, 0.25) is 0 Å². The topological polar surface area (TPSA) is 50.7 Å². The summed E-state index contributed by atoms with van der Waals surface area (Å²) in [5, 5.41) is 11.9. The van der Waals surface area contributed by atoms with Crippen molar-refractivity contribution >= 4 is 12.4 Å². The third-order valence-corrected chi connectivity index (χ3v) is 2.38. The highest BCUT2D eigenvalue weighted by Crippen LogP contribution is 2.27. The van der Waals surface area contributed by atoms with E-state index in [1.807, 2.05) is 18.2 Å². The van der Waals surface area contributed by atoms with E-state index in [-0.39, 0.29) is 25.6 Å². The summed E-state index contributed by atoms with van der Waals surface area (Å²) in [5.41, 5.74) is 1.10. The summed E-state index contributed by atoms with van der Waals surface area (Å²) < 4.78 is 10.6.